The summed E-state index contributed by atoms with van der Waals surface area (Å²) in [6.45, 7) is 1.70. The lowest BCUT2D eigenvalue weighted by Crippen LogP contribution is -2.49. The van der Waals surface area contributed by atoms with Crippen LogP contribution in [-0.2, 0) is 11.3 Å². The topological polar surface area (TPSA) is 79.0 Å². The average Bonchev–Trinajstić information content (AvgIpc) is 2.86. The van der Waals surface area contributed by atoms with Crippen LogP contribution in [0.2, 0.25) is 5.02 Å². The number of rotatable bonds is 6. The molecule has 7 nitrogen and oxygen atoms in total. The summed E-state index contributed by atoms with van der Waals surface area (Å²) in [7, 11) is 1.29. The standard InChI is InChI=1S/C26H24ClN3O4/c1-34-25(32)22-8-2-3-9-23(22)28-24(31)19-6-4-7-21(16-19)30-15-5-14-29(26(30)33)17-18-10-12-20(27)13-11-18/h2-4,6-13,16H,5,14-15,17H2,1H3,(H,28,31). The number of ether oxygens (including phenoxy) is 1. The number of para-hydroxylation sites is 1. The van der Waals surface area contributed by atoms with Crippen molar-refractivity contribution < 1.29 is 19.1 Å². The SMILES string of the molecule is COC(=O)c1ccccc1NC(=O)c1cccc(N2CCCN(Cc3ccc(Cl)cc3)C2=O)c1. The van der Waals surface area contributed by atoms with Crippen molar-refractivity contribution >= 4 is 40.9 Å². The zero-order valence-corrected chi connectivity index (χ0v) is 19.4. The Balaban J connectivity index is 1.50. The number of urea groups is 1. The maximum absolute atomic E-state index is 13.2. The van der Waals surface area contributed by atoms with E-state index in [4.69, 9.17) is 16.3 Å². The number of esters is 1. The lowest BCUT2D eigenvalue weighted by atomic mass is 10.1. The van der Waals surface area contributed by atoms with E-state index >= 15 is 0 Å². The summed E-state index contributed by atoms with van der Waals surface area (Å²) < 4.78 is 4.79. The molecule has 3 amide bonds. The monoisotopic (exact) mass is 477 g/mol. The van der Waals surface area contributed by atoms with Gasteiger partial charge in [-0.1, -0.05) is 41.9 Å². The van der Waals surface area contributed by atoms with Crippen LogP contribution in [-0.4, -0.2) is 43.0 Å². The molecule has 0 aliphatic carbocycles. The number of methoxy groups -OCH3 is 1. The molecular formula is C26H24ClN3O4. The first-order valence-electron chi connectivity index (χ1n) is 10.9. The molecule has 0 aromatic heterocycles. The van der Waals surface area contributed by atoms with Crippen molar-refractivity contribution in [2.24, 2.45) is 0 Å². The van der Waals surface area contributed by atoms with Crippen molar-refractivity contribution in [1.82, 2.24) is 4.90 Å². The Bertz CT molecular complexity index is 1210. The Labute approximate surface area is 202 Å². The van der Waals surface area contributed by atoms with E-state index in [0.717, 1.165) is 12.0 Å². The summed E-state index contributed by atoms with van der Waals surface area (Å²) in [5.74, 6) is -0.926. The van der Waals surface area contributed by atoms with E-state index in [1.807, 2.05) is 30.3 Å². The summed E-state index contributed by atoms with van der Waals surface area (Å²) in [5.41, 5.74) is 2.63. The lowest BCUT2D eigenvalue weighted by Gasteiger charge is -2.35. The van der Waals surface area contributed by atoms with Crippen molar-refractivity contribution in [2.75, 3.05) is 30.4 Å². The van der Waals surface area contributed by atoms with Gasteiger partial charge in [0.25, 0.3) is 5.91 Å². The number of nitrogens with one attached hydrogen (secondary N) is 1. The van der Waals surface area contributed by atoms with E-state index in [0.29, 0.717) is 41.6 Å². The first kappa shape index (κ1) is 23.3. The van der Waals surface area contributed by atoms with Gasteiger partial charge in [-0.25, -0.2) is 9.59 Å². The van der Waals surface area contributed by atoms with Gasteiger partial charge in [0.2, 0.25) is 0 Å². The summed E-state index contributed by atoms with van der Waals surface area (Å²) >= 11 is 5.96. The largest absolute Gasteiger partial charge is 0.465 e. The Morgan fingerprint density at radius 3 is 2.53 bits per heavy atom. The number of hydrogen-bond donors (Lipinski definition) is 1. The molecule has 0 atom stereocenters. The Morgan fingerprint density at radius 1 is 1.00 bits per heavy atom. The zero-order valence-electron chi connectivity index (χ0n) is 18.7. The molecule has 0 radical (unpaired) electrons. The minimum absolute atomic E-state index is 0.116. The summed E-state index contributed by atoms with van der Waals surface area (Å²) in [5, 5.41) is 3.42. The van der Waals surface area contributed by atoms with Gasteiger partial charge in [-0.05, 0) is 54.4 Å². The van der Waals surface area contributed by atoms with Crippen molar-refractivity contribution in [3.05, 3.63) is 94.5 Å². The molecule has 1 N–H and O–H groups in total. The van der Waals surface area contributed by atoms with Crippen LogP contribution in [0.3, 0.4) is 0 Å². The average molecular weight is 478 g/mol. The van der Waals surface area contributed by atoms with E-state index in [1.54, 1.807) is 52.3 Å². The highest BCUT2D eigenvalue weighted by atomic mass is 35.5. The maximum atomic E-state index is 13.2. The normalized spacial score (nSPS) is 13.5. The smallest absolute Gasteiger partial charge is 0.339 e. The Kier molecular flexibility index (Phi) is 7.13. The van der Waals surface area contributed by atoms with Crippen LogP contribution in [0, 0.1) is 0 Å². The third-order valence-corrected chi connectivity index (χ3v) is 5.85. The van der Waals surface area contributed by atoms with Crippen LogP contribution in [0.5, 0.6) is 0 Å². The second-order valence-corrected chi connectivity index (χ2v) is 8.31. The van der Waals surface area contributed by atoms with E-state index < -0.39 is 5.97 Å². The summed E-state index contributed by atoms with van der Waals surface area (Å²) in [4.78, 5) is 41.6. The molecule has 1 heterocycles. The number of amides is 3. The van der Waals surface area contributed by atoms with Gasteiger partial charge in [0.1, 0.15) is 0 Å². The van der Waals surface area contributed by atoms with Crippen LogP contribution < -0.4 is 10.2 Å². The molecule has 0 saturated carbocycles. The number of anilines is 2. The second kappa shape index (κ2) is 10.4. The van der Waals surface area contributed by atoms with Gasteiger partial charge in [0.05, 0.1) is 18.4 Å². The molecule has 0 bridgehead atoms. The number of benzene rings is 3. The quantitative estimate of drug-likeness (QED) is 0.494. The lowest BCUT2D eigenvalue weighted by molar-refractivity contribution is 0.0602. The van der Waals surface area contributed by atoms with Crippen LogP contribution in [0.4, 0.5) is 16.2 Å². The summed E-state index contributed by atoms with van der Waals surface area (Å²) in [6, 6.07) is 20.8. The van der Waals surface area contributed by atoms with Crippen LogP contribution in [0.15, 0.2) is 72.8 Å². The third-order valence-electron chi connectivity index (χ3n) is 5.60. The number of nitrogens with zero attached hydrogens (tertiary/aromatic N) is 2. The van der Waals surface area contributed by atoms with Crippen LogP contribution >= 0.6 is 11.6 Å². The zero-order chi connectivity index (χ0) is 24.1. The number of carbonyl (C=O) groups excluding carboxylic acids is 3. The van der Waals surface area contributed by atoms with Gasteiger partial charge in [0.15, 0.2) is 0 Å². The van der Waals surface area contributed by atoms with E-state index in [-0.39, 0.29) is 17.5 Å². The molecular weight excluding hydrogens is 454 g/mol. The molecule has 4 rings (SSSR count). The number of halogens is 1. The van der Waals surface area contributed by atoms with Crippen molar-refractivity contribution in [2.45, 2.75) is 13.0 Å². The molecule has 1 aliphatic heterocycles. The predicted molar refractivity (Wildman–Crippen MR) is 131 cm³/mol. The maximum Gasteiger partial charge on any atom is 0.339 e. The second-order valence-electron chi connectivity index (χ2n) is 7.88. The summed E-state index contributed by atoms with van der Waals surface area (Å²) in [6.07, 6.45) is 0.808. The van der Waals surface area contributed by atoms with Crippen molar-refractivity contribution in [3.8, 4) is 0 Å². The molecule has 0 unspecified atom stereocenters. The molecule has 0 spiro atoms. The molecule has 34 heavy (non-hydrogen) atoms. The highest BCUT2D eigenvalue weighted by molar-refractivity contribution is 6.30. The van der Waals surface area contributed by atoms with E-state index in [9.17, 15) is 14.4 Å². The number of carbonyl (C=O) groups is 3. The first-order valence-corrected chi connectivity index (χ1v) is 11.2. The van der Waals surface area contributed by atoms with Gasteiger partial charge in [0, 0.05) is 35.9 Å². The molecule has 1 aliphatic rings. The fourth-order valence-electron chi connectivity index (χ4n) is 3.87. The van der Waals surface area contributed by atoms with Crippen LogP contribution in [0.25, 0.3) is 0 Å². The fraction of sp³-hybridized carbons (Fsp3) is 0.192. The van der Waals surface area contributed by atoms with Gasteiger partial charge >= 0.3 is 12.0 Å². The molecule has 1 fully saturated rings. The van der Waals surface area contributed by atoms with Gasteiger partial charge in [-0.15, -0.1) is 0 Å². The Morgan fingerprint density at radius 2 is 1.76 bits per heavy atom. The minimum atomic E-state index is -0.538. The number of hydrogen-bond acceptors (Lipinski definition) is 4. The molecule has 1 saturated heterocycles. The van der Waals surface area contributed by atoms with Gasteiger partial charge in [-0.2, -0.15) is 0 Å². The molecule has 8 heteroatoms. The highest BCUT2D eigenvalue weighted by Gasteiger charge is 2.27. The van der Waals surface area contributed by atoms with Gasteiger partial charge < -0.3 is 15.0 Å². The van der Waals surface area contributed by atoms with Gasteiger partial charge in [-0.3, -0.25) is 9.69 Å². The third kappa shape index (κ3) is 5.21. The Hall–Kier alpha value is -3.84. The highest BCUT2D eigenvalue weighted by Crippen LogP contribution is 2.24. The van der Waals surface area contributed by atoms with E-state index in [2.05, 4.69) is 5.32 Å². The molecule has 3 aromatic carbocycles. The fourth-order valence-corrected chi connectivity index (χ4v) is 3.99. The van der Waals surface area contributed by atoms with Crippen molar-refractivity contribution in [1.29, 1.82) is 0 Å². The minimum Gasteiger partial charge on any atom is -0.465 e. The van der Waals surface area contributed by atoms with Crippen LogP contribution in [0.1, 0.15) is 32.7 Å². The predicted octanol–water partition coefficient (Wildman–Crippen LogP) is 5.21. The molecule has 3 aromatic rings. The van der Waals surface area contributed by atoms with Crippen molar-refractivity contribution in [3.63, 3.8) is 0 Å². The first-order chi connectivity index (χ1) is 16.5. The molecule has 174 valence electrons. The van der Waals surface area contributed by atoms with E-state index in [1.165, 1.54) is 7.11 Å².